The van der Waals surface area contributed by atoms with Crippen LogP contribution in [0, 0.1) is 5.82 Å². The minimum atomic E-state index is -3.78. The van der Waals surface area contributed by atoms with E-state index in [-0.39, 0.29) is 22.4 Å². The standard InChI is InChI=1S/C15H20FN3O3S/c16-14-9-12(23(21,22)18-11-5-6-17-10-11)3-4-13(14)15(20)19-7-1-2-8-19/h3-4,9,11,17-18H,1-2,5-8,10H2. The van der Waals surface area contributed by atoms with Gasteiger partial charge in [-0.2, -0.15) is 0 Å². The van der Waals surface area contributed by atoms with Crippen molar-refractivity contribution in [2.75, 3.05) is 26.2 Å². The van der Waals surface area contributed by atoms with E-state index in [1.807, 2.05) is 0 Å². The van der Waals surface area contributed by atoms with Crippen molar-refractivity contribution in [1.29, 1.82) is 0 Å². The van der Waals surface area contributed by atoms with Gasteiger partial charge in [0.2, 0.25) is 10.0 Å². The summed E-state index contributed by atoms with van der Waals surface area (Å²) in [6, 6.07) is 3.29. The molecule has 6 nitrogen and oxygen atoms in total. The zero-order valence-electron chi connectivity index (χ0n) is 12.7. The lowest BCUT2D eigenvalue weighted by Crippen LogP contribution is -2.36. The van der Waals surface area contributed by atoms with Crippen molar-refractivity contribution in [1.82, 2.24) is 14.9 Å². The van der Waals surface area contributed by atoms with E-state index in [0.717, 1.165) is 25.5 Å². The highest BCUT2D eigenvalue weighted by atomic mass is 32.2. The molecule has 2 heterocycles. The summed E-state index contributed by atoms with van der Waals surface area (Å²) >= 11 is 0. The van der Waals surface area contributed by atoms with Gasteiger partial charge in [-0.05, 0) is 44.0 Å². The molecule has 126 valence electrons. The third-order valence-corrected chi connectivity index (χ3v) is 5.77. The summed E-state index contributed by atoms with van der Waals surface area (Å²) in [6.07, 6.45) is 2.53. The Hall–Kier alpha value is -1.51. The summed E-state index contributed by atoms with van der Waals surface area (Å²) in [5.41, 5.74) is -0.0756. The predicted molar refractivity (Wildman–Crippen MR) is 83.1 cm³/mol. The fourth-order valence-electron chi connectivity index (χ4n) is 2.97. The van der Waals surface area contributed by atoms with Crippen LogP contribution in [0.4, 0.5) is 4.39 Å². The smallest absolute Gasteiger partial charge is 0.256 e. The third kappa shape index (κ3) is 3.54. The molecule has 23 heavy (non-hydrogen) atoms. The molecule has 0 bridgehead atoms. The van der Waals surface area contributed by atoms with Gasteiger partial charge in [-0.1, -0.05) is 0 Å². The normalized spacial score (nSPS) is 21.8. The van der Waals surface area contributed by atoms with Crippen LogP contribution in [0.2, 0.25) is 0 Å². The van der Waals surface area contributed by atoms with E-state index in [0.29, 0.717) is 26.1 Å². The van der Waals surface area contributed by atoms with Gasteiger partial charge in [-0.15, -0.1) is 0 Å². The van der Waals surface area contributed by atoms with Crippen molar-refractivity contribution in [2.24, 2.45) is 0 Å². The Morgan fingerprint density at radius 1 is 1.30 bits per heavy atom. The molecular weight excluding hydrogens is 321 g/mol. The van der Waals surface area contributed by atoms with Gasteiger partial charge in [0.05, 0.1) is 10.5 Å². The molecule has 2 N–H and O–H groups in total. The lowest BCUT2D eigenvalue weighted by molar-refractivity contribution is 0.0788. The van der Waals surface area contributed by atoms with Gasteiger partial charge in [0, 0.05) is 25.7 Å². The van der Waals surface area contributed by atoms with E-state index in [2.05, 4.69) is 10.0 Å². The van der Waals surface area contributed by atoms with E-state index in [9.17, 15) is 17.6 Å². The fraction of sp³-hybridized carbons (Fsp3) is 0.533. The van der Waals surface area contributed by atoms with Crippen molar-refractivity contribution in [3.8, 4) is 0 Å². The molecule has 0 spiro atoms. The van der Waals surface area contributed by atoms with Crippen molar-refractivity contribution in [2.45, 2.75) is 30.2 Å². The zero-order chi connectivity index (χ0) is 16.4. The van der Waals surface area contributed by atoms with Crippen molar-refractivity contribution in [3.63, 3.8) is 0 Å². The maximum Gasteiger partial charge on any atom is 0.256 e. The van der Waals surface area contributed by atoms with Gasteiger partial charge in [0.1, 0.15) is 5.82 Å². The highest BCUT2D eigenvalue weighted by Gasteiger charge is 2.26. The Kier molecular flexibility index (Phi) is 4.65. The lowest BCUT2D eigenvalue weighted by Gasteiger charge is -2.16. The predicted octanol–water partition coefficient (Wildman–Crippen LogP) is 0.702. The van der Waals surface area contributed by atoms with Crippen LogP contribution >= 0.6 is 0 Å². The second-order valence-corrected chi connectivity index (χ2v) is 7.67. The molecule has 1 atom stereocenters. The van der Waals surface area contributed by atoms with E-state index >= 15 is 0 Å². The fourth-order valence-corrected chi connectivity index (χ4v) is 4.25. The molecule has 3 rings (SSSR count). The first kappa shape index (κ1) is 16.4. The number of benzene rings is 1. The molecule has 2 fully saturated rings. The molecule has 1 aromatic rings. The summed E-state index contributed by atoms with van der Waals surface area (Å²) in [7, 11) is -3.78. The average molecular weight is 341 g/mol. The summed E-state index contributed by atoms with van der Waals surface area (Å²) < 4.78 is 41.3. The molecule has 1 aromatic carbocycles. The summed E-state index contributed by atoms with van der Waals surface area (Å²) in [6.45, 7) is 2.56. The number of rotatable bonds is 4. The van der Waals surface area contributed by atoms with Crippen LogP contribution < -0.4 is 10.0 Å². The molecule has 2 aliphatic heterocycles. The van der Waals surface area contributed by atoms with Gasteiger partial charge >= 0.3 is 0 Å². The molecule has 2 saturated heterocycles. The average Bonchev–Trinajstić information content (AvgIpc) is 3.19. The Bertz CT molecular complexity index is 696. The van der Waals surface area contributed by atoms with E-state index < -0.39 is 15.8 Å². The molecule has 2 aliphatic rings. The number of nitrogens with zero attached hydrogens (tertiary/aromatic N) is 1. The van der Waals surface area contributed by atoms with Crippen molar-refractivity contribution < 1.29 is 17.6 Å². The zero-order valence-corrected chi connectivity index (χ0v) is 13.5. The molecule has 0 aliphatic carbocycles. The van der Waals surface area contributed by atoms with Gasteiger partial charge in [0.25, 0.3) is 5.91 Å². The van der Waals surface area contributed by atoms with Crippen LogP contribution in [-0.4, -0.2) is 51.4 Å². The first-order chi connectivity index (χ1) is 11.0. The van der Waals surface area contributed by atoms with Crippen LogP contribution in [0.1, 0.15) is 29.6 Å². The molecule has 0 aromatic heterocycles. The van der Waals surface area contributed by atoms with Gasteiger partial charge in [0.15, 0.2) is 0 Å². The number of amides is 1. The SMILES string of the molecule is O=C(c1ccc(S(=O)(=O)NC2CCNC2)cc1F)N1CCCC1. The molecule has 0 radical (unpaired) electrons. The largest absolute Gasteiger partial charge is 0.339 e. The number of hydrogen-bond acceptors (Lipinski definition) is 4. The number of likely N-dealkylation sites (tertiary alicyclic amines) is 1. The minimum Gasteiger partial charge on any atom is -0.339 e. The third-order valence-electron chi connectivity index (χ3n) is 4.26. The minimum absolute atomic E-state index is 0.0756. The number of sulfonamides is 1. The summed E-state index contributed by atoms with van der Waals surface area (Å²) in [4.78, 5) is 13.7. The Morgan fingerprint density at radius 2 is 2.04 bits per heavy atom. The highest BCUT2D eigenvalue weighted by molar-refractivity contribution is 7.89. The van der Waals surface area contributed by atoms with E-state index in [1.54, 1.807) is 4.90 Å². The van der Waals surface area contributed by atoms with E-state index in [4.69, 9.17) is 0 Å². The summed E-state index contributed by atoms with van der Waals surface area (Å²) in [5, 5.41) is 3.06. The van der Waals surface area contributed by atoms with Gasteiger partial charge in [-0.3, -0.25) is 4.79 Å². The topological polar surface area (TPSA) is 78.5 Å². The molecule has 8 heteroatoms. The number of halogens is 1. The maximum absolute atomic E-state index is 14.2. The van der Waals surface area contributed by atoms with Gasteiger partial charge < -0.3 is 10.2 Å². The Balaban J connectivity index is 1.79. The molecule has 1 amide bonds. The number of hydrogen-bond donors (Lipinski definition) is 2. The number of carbonyl (C=O) groups is 1. The van der Waals surface area contributed by atoms with Crippen LogP contribution in [0.5, 0.6) is 0 Å². The second kappa shape index (κ2) is 6.54. The molecule has 0 saturated carbocycles. The monoisotopic (exact) mass is 341 g/mol. The first-order valence-corrected chi connectivity index (χ1v) is 9.27. The second-order valence-electron chi connectivity index (χ2n) is 5.95. The number of nitrogens with one attached hydrogen (secondary N) is 2. The van der Waals surface area contributed by atoms with E-state index in [1.165, 1.54) is 12.1 Å². The first-order valence-electron chi connectivity index (χ1n) is 7.79. The number of carbonyl (C=O) groups excluding carboxylic acids is 1. The Morgan fingerprint density at radius 3 is 2.65 bits per heavy atom. The quantitative estimate of drug-likeness (QED) is 0.845. The van der Waals surface area contributed by atoms with Crippen LogP contribution in [0.15, 0.2) is 23.1 Å². The van der Waals surface area contributed by atoms with Crippen molar-refractivity contribution in [3.05, 3.63) is 29.6 Å². The molecule has 1 unspecified atom stereocenters. The van der Waals surface area contributed by atoms with Gasteiger partial charge in [-0.25, -0.2) is 17.5 Å². The summed E-state index contributed by atoms with van der Waals surface area (Å²) in [5.74, 6) is -1.17. The van der Waals surface area contributed by atoms with Crippen LogP contribution in [-0.2, 0) is 10.0 Å². The van der Waals surface area contributed by atoms with Crippen LogP contribution in [0.3, 0.4) is 0 Å². The molecular formula is C15H20FN3O3S. The maximum atomic E-state index is 14.2. The lowest BCUT2D eigenvalue weighted by atomic mass is 10.2. The van der Waals surface area contributed by atoms with Crippen LogP contribution in [0.25, 0.3) is 0 Å². The van der Waals surface area contributed by atoms with Crippen molar-refractivity contribution >= 4 is 15.9 Å². The Labute approximate surface area is 135 Å². The highest BCUT2D eigenvalue weighted by Crippen LogP contribution is 2.19.